The van der Waals surface area contributed by atoms with E-state index in [-0.39, 0.29) is 18.0 Å². The van der Waals surface area contributed by atoms with Crippen molar-refractivity contribution in [3.8, 4) is 11.9 Å². The Balaban J connectivity index is 1.60. The number of hydrogen-bond donors (Lipinski definition) is 2. The highest BCUT2D eigenvalue weighted by atomic mass is 16.1. The number of rotatable bonds is 4. The van der Waals surface area contributed by atoms with E-state index in [0.29, 0.717) is 5.56 Å². The summed E-state index contributed by atoms with van der Waals surface area (Å²) in [7, 11) is 0. The van der Waals surface area contributed by atoms with Crippen LogP contribution >= 0.6 is 0 Å². The third-order valence-corrected chi connectivity index (χ3v) is 3.61. The van der Waals surface area contributed by atoms with Gasteiger partial charge in [0, 0.05) is 18.3 Å². The smallest absolute Gasteiger partial charge is 0.254 e. The number of para-hydroxylation sites is 1. The summed E-state index contributed by atoms with van der Waals surface area (Å²) < 4.78 is 1.68. The van der Waals surface area contributed by atoms with Gasteiger partial charge in [-0.2, -0.15) is 10.4 Å². The van der Waals surface area contributed by atoms with Crippen LogP contribution < -0.4 is 10.6 Å². The van der Waals surface area contributed by atoms with Crippen molar-refractivity contribution in [2.45, 2.75) is 24.9 Å². The Kier molecular flexibility index (Phi) is 3.56. The molecule has 1 aliphatic rings. The van der Waals surface area contributed by atoms with Crippen LogP contribution in [0, 0.1) is 11.5 Å². The van der Waals surface area contributed by atoms with Crippen molar-refractivity contribution >= 4 is 5.91 Å². The molecule has 1 aromatic carbocycles. The largest absolute Gasteiger partial charge is 0.349 e. The zero-order valence-electron chi connectivity index (χ0n) is 11.4. The molecule has 2 N–H and O–H groups in total. The first-order valence-electron chi connectivity index (χ1n) is 6.82. The molecule has 0 saturated heterocycles. The molecule has 0 bridgehead atoms. The Morgan fingerprint density at radius 2 is 2.05 bits per heavy atom. The average Bonchev–Trinajstić information content (AvgIpc) is 2.96. The van der Waals surface area contributed by atoms with Crippen LogP contribution in [0.3, 0.4) is 0 Å². The van der Waals surface area contributed by atoms with E-state index in [2.05, 4.69) is 15.7 Å². The fraction of sp³-hybridized carbons (Fsp3) is 0.267. The van der Waals surface area contributed by atoms with Gasteiger partial charge in [0.2, 0.25) is 0 Å². The molecule has 6 heteroatoms. The maximum atomic E-state index is 12.1. The number of nitrogens with zero attached hydrogens (tertiary/aromatic N) is 3. The minimum atomic E-state index is -0.127. The van der Waals surface area contributed by atoms with Crippen LogP contribution in [0.2, 0.25) is 0 Å². The van der Waals surface area contributed by atoms with Gasteiger partial charge in [-0.15, -0.1) is 0 Å². The molecule has 1 heterocycles. The van der Waals surface area contributed by atoms with Crippen LogP contribution in [0.4, 0.5) is 0 Å². The Morgan fingerprint density at radius 3 is 2.76 bits per heavy atom. The quantitative estimate of drug-likeness (QED) is 0.651. The number of amides is 1. The molecule has 3 rings (SSSR count). The highest BCUT2D eigenvalue weighted by molar-refractivity contribution is 5.94. The lowest BCUT2D eigenvalue weighted by molar-refractivity contribution is 0.0906. The topological polar surface area (TPSA) is 82.7 Å². The van der Waals surface area contributed by atoms with E-state index in [1.165, 1.54) is 0 Å². The van der Waals surface area contributed by atoms with Gasteiger partial charge < -0.3 is 10.6 Å². The van der Waals surface area contributed by atoms with Gasteiger partial charge in [0.15, 0.2) is 6.19 Å². The highest BCUT2D eigenvalue weighted by Crippen LogP contribution is 2.20. The Hall–Kier alpha value is -2.81. The van der Waals surface area contributed by atoms with Gasteiger partial charge in [0.05, 0.1) is 17.4 Å². The maximum absolute atomic E-state index is 12.1. The molecule has 0 radical (unpaired) electrons. The summed E-state index contributed by atoms with van der Waals surface area (Å²) in [6.07, 6.45) is 6.77. The number of nitriles is 1. The fourth-order valence-corrected chi connectivity index (χ4v) is 2.38. The van der Waals surface area contributed by atoms with Gasteiger partial charge in [-0.05, 0) is 25.0 Å². The second-order valence-corrected chi connectivity index (χ2v) is 5.10. The van der Waals surface area contributed by atoms with Crippen LogP contribution in [-0.2, 0) is 0 Å². The maximum Gasteiger partial charge on any atom is 0.254 e. The number of nitrogens with one attached hydrogen (secondary N) is 2. The van der Waals surface area contributed by atoms with Gasteiger partial charge in [-0.25, -0.2) is 4.68 Å². The van der Waals surface area contributed by atoms with E-state index in [4.69, 9.17) is 5.26 Å². The van der Waals surface area contributed by atoms with Crippen LogP contribution in [0.1, 0.15) is 23.2 Å². The predicted molar refractivity (Wildman–Crippen MR) is 76.6 cm³/mol. The summed E-state index contributed by atoms with van der Waals surface area (Å²) in [6.45, 7) is 0. The molecule has 0 atom stereocenters. The Labute approximate surface area is 122 Å². The third kappa shape index (κ3) is 2.87. The number of carbonyl (C=O) groups excluding carboxylic acids is 1. The van der Waals surface area contributed by atoms with Crippen molar-refractivity contribution in [2.75, 3.05) is 0 Å². The minimum absolute atomic E-state index is 0.127. The van der Waals surface area contributed by atoms with E-state index in [1.807, 2.05) is 36.5 Å². The number of benzene rings is 1. The van der Waals surface area contributed by atoms with E-state index in [9.17, 15) is 4.79 Å². The average molecular weight is 281 g/mol. The monoisotopic (exact) mass is 281 g/mol. The van der Waals surface area contributed by atoms with Crippen LogP contribution in [0.25, 0.3) is 5.69 Å². The summed E-state index contributed by atoms with van der Waals surface area (Å²) in [5.41, 5.74) is 1.45. The van der Waals surface area contributed by atoms with Crippen molar-refractivity contribution in [1.29, 1.82) is 5.26 Å². The van der Waals surface area contributed by atoms with Crippen LogP contribution in [0.5, 0.6) is 0 Å². The zero-order valence-corrected chi connectivity index (χ0v) is 11.4. The Bertz CT molecular complexity index is 667. The SMILES string of the molecule is N#CN[C@H]1C[C@@H](NC(=O)c2cnn(-c3ccccc3)c2)C1. The first-order valence-corrected chi connectivity index (χ1v) is 6.82. The van der Waals surface area contributed by atoms with E-state index in [0.717, 1.165) is 18.5 Å². The van der Waals surface area contributed by atoms with Gasteiger partial charge >= 0.3 is 0 Å². The van der Waals surface area contributed by atoms with Crippen molar-refractivity contribution < 1.29 is 4.79 Å². The van der Waals surface area contributed by atoms with Crippen molar-refractivity contribution in [3.63, 3.8) is 0 Å². The number of carbonyl (C=O) groups is 1. The molecular weight excluding hydrogens is 266 g/mol. The molecule has 21 heavy (non-hydrogen) atoms. The molecule has 6 nitrogen and oxygen atoms in total. The van der Waals surface area contributed by atoms with Gasteiger partial charge in [-0.3, -0.25) is 4.79 Å². The summed E-state index contributed by atoms with van der Waals surface area (Å²) in [4.78, 5) is 12.1. The normalized spacial score (nSPS) is 20.1. The summed E-state index contributed by atoms with van der Waals surface area (Å²) in [5.74, 6) is -0.127. The molecule has 1 aliphatic carbocycles. The lowest BCUT2D eigenvalue weighted by atomic mass is 9.87. The van der Waals surface area contributed by atoms with E-state index >= 15 is 0 Å². The van der Waals surface area contributed by atoms with Crippen LogP contribution in [-0.4, -0.2) is 27.8 Å². The standard InChI is InChI=1S/C15H15N5O/c16-10-17-12-6-13(7-12)19-15(21)11-8-18-20(9-11)14-4-2-1-3-5-14/h1-5,8-9,12-13,17H,6-7H2,(H,19,21)/t12-,13+. The first-order chi connectivity index (χ1) is 10.3. The Morgan fingerprint density at radius 1 is 1.29 bits per heavy atom. The second-order valence-electron chi connectivity index (χ2n) is 5.10. The summed E-state index contributed by atoms with van der Waals surface area (Å²) in [6, 6.07) is 9.96. The summed E-state index contributed by atoms with van der Waals surface area (Å²) >= 11 is 0. The van der Waals surface area contributed by atoms with E-state index < -0.39 is 0 Å². The molecule has 2 aromatic rings. The minimum Gasteiger partial charge on any atom is -0.349 e. The highest BCUT2D eigenvalue weighted by Gasteiger charge is 2.30. The van der Waals surface area contributed by atoms with Crippen molar-refractivity contribution in [1.82, 2.24) is 20.4 Å². The van der Waals surface area contributed by atoms with Crippen LogP contribution in [0.15, 0.2) is 42.7 Å². The molecule has 1 aromatic heterocycles. The molecular formula is C15H15N5O. The summed E-state index contributed by atoms with van der Waals surface area (Å²) in [5, 5.41) is 18.3. The third-order valence-electron chi connectivity index (χ3n) is 3.61. The molecule has 106 valence electrons. The van der Waals surface area contributed by atoms with Crippen molar-refractivity contribution in [3.05, 3.63) is 48.3 Å². The molecule has 0 spiro atoms. The number of aromatic nitrogens is 2. The molecule has 1 amide bonds. The second kappa shape index (κ2) is 5.67. The molecule has 0 aliphatic heterocycles. The van der Waals surface area contributed by atoms with Gasteiger partial charge in [0.25, 0.3) is 5.91 Å². The van der Waals surface area contributed by atoms with Crippen molar-refractivity contribution in [2.24, 2.45) is 0 Å². The van der Waals surface area contributed by atoms with Gasteiger partial charge in [0.1, 0.15) is 0 Å². The lowest BCUT2D eigenvalue weighted by Gasteiger charge is -2.34. The molecule has 1 fully saturated rings. The van der Waals surface area contributed by atoms with Gasteiger partial charge in [-0.1, -0.05) is 18.2 Å². The predicted octanol–water partition coefficient (Wildman–Crippen LogP) is 1.20. The zero-order chi connectivity index (χ0) is 14.7. The molecule has 1 saturated carbocycles. The van der Waals surface area contributed by atoms with E-state index in [1.54, 1.807) is 17.1 Å². The fourth-order valence-electron chi connectivity index (χ4n) is 2.38. The molecule has 0 unspecified atom stereocenters. The number of hydrogen-bond acceptors (Lipinski definition) is 4. The lowest BCUT2D eigenvalue weighted by Crippen LogP contribution is -2.51. The first kappa shape index (κ1) is 13.2.